The fourth-order valence-corrected chi connectivity index (χ4v) is 1.98. The first kappa shape index (κ1) is 13.2. The van der Waals surface area contributed by atoms with Gasteiger partial charge in [-0.1, -0.05) is 22.8 Å². The maximum atomic E-state index is 10.7. The van der Waals surface area contributed by atoms with Gasteiger partial charge in [0.15, 0.2) is 0 Å². The minimum Gasteiger partial charge on any atom is -0.334 e. The van der Waals surface area contributed by atoms with E-state index in [-0.39, 0.29) is 16.6 Å². The summed E-state index contributed by atoms with van der Waals surface area (Å²) in [6.07, 6.45) is 1.62. The van der Waals surface area contributed by atoms with E-state index >= 15 is 0 Å². The van der Waals surface area contributed by atoms with Crippen molar-refractivity contribution in [1.82, 2.24) is 15.1 Å². The molecule has 2 heterocycles. The molecule has 0 saturated carbocycles. The van der Waals surface area contributed by atoms with E-state index in [4.69, 9.17) is 16.1 Å². The topological polar surface area (TPSA) is 95.0 Å². The van der Waals surface area contributed by atoms with Crippen LogP contribution in [0.5, 0.6) is 0 Å². The molecule has 7 nitrogen and oxygen atoms in total. The lowest BCUT2D eigenvalue weighted by molar-refractivity contribution is -0.384. The van der Waals surface area contributed by atoms with Gasteiger partial charge in [0.1, 0.15) is 5.69 Å². The van der Waals surface area contributed by atoms with Crippen molar-refractivity contribution in [3.05, 3.63) is 57.7 Å². The van der Waals surface area contributed by atoms with Crippen LogP contribution < -0.4 is 0 Å². The number of benzene rings is 1. The van der Waals surface area contributed by atoms with Gasteiger partial charge in [-0.2, -0.15) is 4.98 Å². The summed E-state index contributed by atoms with van der Waals surface area (Å²) in [5.74, 6) is 0.496. The monoisotopic (exact) mass is 302 g/mol. The molecule has 0 aliphatic carbocycles. The van der Waals surface area contributed by atoms with Crippen molar-refractivity contribution in [2.45, 2.75) is 0 Å². The number of rotatable bonds is 3. The van der Waals surface area contributed by atoms with E-state index in [2.05, 4.69) is 15.1 Å². The number of pyridine rings is 1. The maximum absolute atomic E-state index is 10.7. The second-order valence-corrected chi connectivity index (χ2v) is 4.47. The van der Waals surface area contributed by atoms with Gasteiger partial charge in [-0.05, 0) is 18.2 Å². The molecule has 0 bridgehead atoms. The van der Waals surface area contributed by atoms with Crippen molar-refractivity contribution in [3.63, 3.8) is 0 Å². The van der Waals surface area contributed by atoms with Crippen molar-refractivity contribution in [1.29, 1.82) is 0 Å². The zero-order chi connectivity index (χ0) is 14.8. The summed E-state index contributed by atoms with van der Waals surface area (Å²) in [6.45, 7) is 0. The van der Waals surface area contributed by atoms with Crippen LogP contribution >= 0.6 is 11.6 Å². The normalized spacial score (nSPS) is 10.5. The molecule has 0 radical (unpaired) electrons. The third-order valence-electron chi connectivity index (χ3n) is 2.71. The highest BCUT2D eigenvalue weighted by Crippen LogP contribution is 2.30. The first-order valence-electron chi connectivity index (χ1n) is 5.84. The molecule has 21 heavy (non-hydrogen) atoms. The van der Waals surface area contributed by atoms with Crippen LogP contribution in [-0.2, 0) is 0 Å². The molecule has 104 valence electrons. The van der Waals surface area contributed by atoms with E-state index in [1.807, 2.05) is 0 Å². The predicted octanol–water partition coefficient (Wildman–Crippen LogP) is 3.36. The van der Waals surface area contributed by atoms with Crippen molar-refractivity contribution in [2.24, 2.45) is 0 Å². The summed E-state index contributed by atoms with van der Waals surface area (Å²) in [4.78, 5) is 18.5. The van der Waals surface area contributed by atoms with Crippen LogP contribution in [0.2, 0.25) is 5.02 Å². The molecule has 8 heteroatoms. The highest BCUT2D eigenvalue weighted by molar-refractivity contribution is 6.33. The van der Waals surface area contributed by atoms with Crippen LogP contribution in [0.25, 0.3) is 23.0 Å². The quantitative estimate of drug-likeness (QED) is 0.544. The molecule has 0 N–H and O–H groups in total. The van der Waals surface area contributed by atoms with Gasteiger partial charge in [-0.25, -0.2) is 0 Å². The average Bonchev–Trinajstić information content (AvgIpc) is 2.97. The highest BCUT2D eigenvalue weighted by atomic mass is 35.5. The van der Waals surface area contributed by atoms with Crippen LogP contribution in [0.4, 0.5) is 5.69 Å². The summed E-state index contributed by atoms with van der Waals surface area (Å²) in [5, 5.41) is 14.7. The van der Waals surface area contributed by atoms with Crippen molar-refractivity contribution >= 4 is 17.3 Å². The average molecular weight is 303 g/mol. The largest absolute Gasteiger partial charge is 0.334 e. The van der Waals surface area contributed by atoms with Gasteiger partial charge >= 0.3 is 0 Å². The van der Waals surface area contributed by atoms with Crippen molar-refractivity contribution < 1.29 is 9.45 Å². The van der Waals surface area contributed by atoms with Crippen LogP contribution in [-0.4, -0.2) is 20.0 Å². The Balaban J connectivity index is 1.99. The third kappa shape index (κ3) is 2.59. The third-order valence-corrected chi connectivity index (χ3v) is 3.03. The van der Waals surface area contributed by atoms with E-state index in [0.29, 0.717) is 17.1 Å². The highest BCUT2D eigenvalue weighted by Gasteiger charge is 2.16. The Morgan fingerprint density at radius 3 is 2.76 bits per heavy atom. The second kappa shape index (κ2) is 5.29. The lowest BCUT2D eigenvalue weighted by Gasteiger charge is -1.98. The number of hydrogen-bond acceptors (Lipinski definition) is 6. The van der Waals surface area contributed by atoms with E-state index in [0.717, 1.165) is 0 Å². The number of hydrogen-bond donors (Lipinski definition) is 0. The number of aromatic nitrogens is 3. The van der Waals surface area contributed by atoms with Gasteiger partial charge < -0.3 is 4.52 Å². The molecule has 0 unspecified atom stereocenters. The maximum Gasteiger partial charge on any atom is 0.270 e. The summed E-state index contributed by atoms with van der Waals surface area (Å²) >= 11 is 6.02. The van der Waals surface area contributed by atoms with E-state index in [9.17, 15) is 10.1 Å². The van der Waals surface area contributed by atoms with E-state index in [1.165, 1.54) is 18.2 Å². The molecule has 0 aliphatic rings. The Labute approximate surface area is 123 Å². The summed E-state index contributed by atoms with van der Waals surface area (Å²) in [7, 11) is 0. The number of halogens is 1. The molecule has 1 aromatic carbocycles. The molecule has 0 spiro atoms. The van der Waals surface area contributed by atoms with Crippen LogP contribution in [0.3, 0.4) is 0 Å². The van der Waals surface area contributed by atoms with E-state index < -0.39 is 4.92 Å². The minimum atomic E-state index is -0.525. The Hall–Kier alpha value is -2.80. The molecule has 2 aromatic heterocycles. The number of nitro groups is 1. The SMILES string of the molecule is O=[N+]([O-])c1ccc(-c2nc(-c3ccccn3)no2)c(Cl)c1. The fourth-order valence-electron chi connectivity index (χ4n) is 1.72. The molecule has 0 saturated heterocycles. The van der Waals surface area contributed by atoms with Crippen LogP contribution in [0, 0.1) is 10.1 Å². The number of nitrogens with zero attached hydrogens (tertiary/aromatic N) is 4. The molecule has 0 fully saturated rings. The standard InChI is InChI=1S/C13H7ClN4O3/c14-10-7-8(18(19)20)4-5-9(10)13-16-12(17-21-13)11-3-1-2-6-15-11/h1-7H. The van der Waals surface area contributed by atoms with Gasteiger partial charge in [0.05, 0.1) is 15.5 Å². The fraction of sp³-hybridized carbons (Fsp3) is 0. The molecule has 0 amide bonds. The Morgan fingerprint density at radius 2 is 2.10 bits per heavy atom. The van der Waals surface area contributed by atoms with Crippen LogP contribution in [0.1, 0.15) is 0 Å². The Bertz CT molecular complexity index is 804. The zero-order valence-electron chi connectivity index (χ0n) is 10.4. The van der Waals surface area contributed by atoms with Crippen molar-refractivity contribution in [3.8, 4) is 23.0 Å². The summed E-state index contributed by atoms with van der Waals surface area (Å²) in [6, 6.07) is 9.35. The molecule has 0 aliphatic heterocycles. The van der Waals surface area contributed by atoms with Gasteiger partial charge in [0, 0.05) is 18.3 Å². The van der Waals surface area contributed by atoms with E-state index in [1.54, 1.807) is 24.4 Å². The summed E-state index contributed by atoms with van der Waals surface area (Å²) in [5.41, 5.74) is 0.885. The molecular formula is C13H7ClN4O3. The molecule has 3 rings (SSSR count). The first-order chi connectivity index (χ1) is 10.1. The second-order valence-electron chi connectivity index (χ2n) is 4.06. The number of non-ortho nitro benzene ring substituents is 1. The lowest BCUT2D eigenvalue weighted by atomic mass is 10.2. The summed E-state index contributed by atoms with van der Waals surface area (Å²) < 4.78 is 5.13. The van der Waals surface area contributed by atoms with Gasteiger partial charge in [0.25, 0.3) is 11.6 Å². The zero-order valence-corrected chi connectivity index (χ0v) is 11.2. The van der Waals surface area contributed by atoms with Gasteiger partial charge in [-0.3, -0.25) is 15.1 Å². The molecule has 0 atom stereocenters. The lowest BCUT2D eigenvalue weighted by Crippen LogP contribution is -1.89. The Morgan fingerprint density at radius 1 is 1.24 bits per heavy atom. The molecular weight excluding hydrogens is 296 g/mol. The van der Waals surface area contributed by atoms with Gasteiger partial charge in [0.2, 0.25) is 5.82 Å². The predicted molar refractivity (Wildman–Crippen MR) is 74.6 cm³/mol. The first-order valence-corrected chi connectivity index (χ1v) is 6.22. The number of nitro benzene ring substituents is 1. The smallest absolute Gasteiger partial charge is 0.270 e. The minimum absolute atomic E-state index is 0.104. The Kier molecular flexibility index (Phi) is 3.33. The van der Waals surface area contributed by atoms with Crippen LogP contribution in [0.15, 0.2) is 47.1 Å². The van der Waals surface area contributed by atoms with Crippen molar-refractivity contribution in [2.75, 3.05) is 0 Å². The van der Waals surface area contributed by atoms with Gasteiger partial charge in [-0.15, -0.1) is 0 Å². The molecule has 3 aromatic rings.